The molecular weight excluding hydrogens is 254 g/mol. The van der Waals surface area contributed by atoms with Crippen LogP contribution in [0.15, 0.2) is 12.1 Å². The summed E-state index contributed by atoms with van der Waals surface area (Å²) in [4.78, 5) is 0. The lowest BCUT2D eigenvalue weighted by atomic mass is 9.85. The molecule has 0 bridgehead atoms. The quantitative estimate of drug-likeness (QED) is 0.885. The molecule has 1 aliphatic rings. The van der Waals surface area contributed by atoms with Gasteiger partial charge < -0.3 is 14.9 Å². The van der Waals surface area contributed by atoms with Crippen LogP contribution >= 0.6 is 0 Å². The molecule has 19 heavy (non-hydrogen) atoms. The lowest BCUT2D eigenvalue weighted by molar-refractivity contribution is -0.0355. The van der Waals surface area contributed by atoms with E-state index >= 15 is 0 Å². The zero-order chi connectivity index (χ0) is 13.9. The second kappa shape index (κ2) is 5.84. The number of halogens is 2. The number of aliphatic hydroxyl groups is 2. The van der Waals surface area contributed by atoms with Crippen LogP contribution in [0.2, 0.25) is 0 Å². The fourth-order valence-electron chi connectivity index (χ4n) is 2.40. The molecule has 0 radical (unpaired) electrons. The van der Waals surface area contributed by atoms with Crippen LogP contribution in [0, 0.1) is 11.6 Å². The highest BCUT2D eigenvalue weighted by Gasteiger charge is 2.30. The molecule has 0 unspecified atom stereocenters. The zero-order valence-corrected chi connectivity index (χ0v) is 10.7. The van der Waals surface area contributed by atoms with E-state index < -0.39 is 29.6 Å². The predicted molar refractivity (Wildman–Crippen MR) is 65.8 cm³/mol. The molecule has 0 saturated heterocycles. The van der Waals surface area contributed by atoms with Gasteiger partial charge in [-0.15, -0.1) is 0 Å². The number of ether oxygens (including phenoxy) is 1. The summed E-state index contributed by atoms with van der Waals surface area (Å²) >= 11 is 0. The Kier molecular flexibility index (Phi) is 4.37. The maximum absolute atomic E-state index is 13.6. The maximum atomic E-state index is 13.6. The Morgan fingerprint density at radius 1 is 1.11 bits per heavy atom. The highest BCUT2D eigenvalue weighted by atomic mass is 19.1. The van der Waals surface area contributed by atoms with Crippen LogP contribution < -0.4 is 4.74 Å². The fraction of sp³-hybridized carbons (Fsp3) is 0.571. The van der Waals surface area contributed by atoms with Crippen LogP contribution in [0.5, 0.6) is 5.75 Å². The summed E-state index contributed by atoms with van der Waals surface area (Å²) in [6.45, 7) is -0.544. The van der Waals surface area contributed by atoms with Crippen LogP contribution in [0.1, 0.15) is 37.7 Å². The number of hydrogen-bond donors (Lipinski definition) is 2. The van der Waals surface area contributed by atoms with Crippen molar-refractivity contribution in [2.24, 2.45) is 0 Å². The summed E-state index contributed by atoms with van der Waals surface area (Å²) in [6.07, 6.45) is 4.04. The molecule has 2 rings (SSSR count). The van der Waals surface area contributed by atoms with Crippen molar-refractivity contribution in [2.75, 3.05) is 6.61 Å². The van der Waals surface area contributed by atoms with E-state index in [2.05, 4.69) is 0 Å². The summed E-state index contributed by atoms with van der Waals surface area (Å²) in [5, 5.41) is 19.0. The molecule has 1 aromatic carbocycles. The van der Waals surface area contributed by atoms with Crippen LogP contribution in [-0.2, 0) is 6.61 Å². The van der Waals surface area contributed by atoms with Gasteiger partial charge in [-0.25, -0.2) is 8.78 Å². The van der Waals surface area contributed by atoms with Crippen LogP contribution in [0.4, 0.5) is 8.78 Å². The van der Waals surface area contributed by atoms with Gasteiger partial charge in [0.15, 0.2) is 17.4 Å². The Labute approximate surface area is 110 Å². The topological polar surface area (TPSA) is 49.7 Å². The lowest BCUT2D eigenvalue weighted by Crippen LogP contribution is -2.38. The molecule has 0 heterocycles. The normalized spacial score (nSPS) is 18.3. The Balaban J connectivity index is 2.07. The minimum Gasteiger partial charge on any atom is -0.485 e. The van der Waals surface area contributed by atoms with Gasteiger partial charge in [-0.1, -0.05) is 19.3 Å². The molecule has 0 spiro atoms. The third kappa shape index (κ3) is 3.42. The number of benzene rings is 1. The van der Waals surface area contributed by atoms with E-state index in [1.165, 1.54) is 0 Å². The molecule has 3 nitrogen and oxygen atoms in total. The first kappa shape index (κ1) is 14.2. The average molecular weight is 272 g/mol. The van der Waals surface area contributed by atoms with Gasteiger partial charge in [0.25, 0.3) is 0 Å². The first-order chi connectivity index (χ1) is 9.04. The third-order valence-corrected chi connectivity index (χ3v) is 3.51. The molecule has 1 aromatic rings. The SMILES string of the molecule is OCc1cc(F)c(OCC2(O)CCCCC2)c(F)c1. The summed E-state index contributed by atoms with van der Waals surface area (Å²) in [7, 11) is 0. The van der Waals surface area contributed by atoms with E-state index in [1.807, 2.05) is 0 Å². The standard InChI is InChI=1S/C14H18F2O3/c15-11-6-10(8-17)7-12(16)13(11)19-9-14(18)4-2-1-3-5-14/h6-7,17-18H,1-5,8-9H2. The van der Waals surface area contributed by atoms with Gasteiger partial charge in [0.2, 0.25) is 0 Å². The number of rotatable bonds is 4. The predicted octanol–water partition coefficient (Wildman–Crippen LogP) is 2.53. The second-order valence-electron chi connectivity index (χ2n) is 5.12. The van der Waals surface area contributed by atoms with E-state index in [4.69, 9.17) is 9.84 Å². The van der Waals surface area contributed by atoms with E-state index in [0.717, 1.165) is 31.4 Å². The Bertz CT molecular complexity index is 419. The minimum atomic E-state index is -0.993. The van der Waals surface area contributed by atoms with Crippen molar-refractivity contribution in [1.82, 2.24) is 0 Å². The van der Waals surface area contributed by atoms with Crippen molar-refractivity contribution in [3.63, 3.8) is 0 Å². The van der Waals surface area contributed by atoms with Crippen molar-refractivity contribution < 1.29 is 23.7 Å². The van der Waals surface area contributed by atoms with Gasteiger partial charge in [0.05, 0.1) is 12.2 Å². The molecule has 1 saturated carbocycles. The first-order valence-electron chi connectivity index (χ1n) is 6.48. The Morgan fingerprint density at radius 3 is 2.21 bits per heavy atom. The number of hydrogen-bond acceptors (Lipinski definition) is 3. The highest BCUT2D eigenvalue weighted by molar-refractivity contribution is 5.31. The first-order valence-corrected chi connectivity index (χ1v) is 6.48. The third-order valence-electron chi connectivity index (χ3n) is 3.51. The van der Waals surface area contributed by atoms with Crippen LogP contribution in [0.3, 0.4) is 0 Å². The molecule has 2 N–H and O–H groups in total. The molecule has 5 heteroatoms. The average Bonchev–Trinajstić information content (AvgIpc) is 2.38. The zero-order valence-electron chi connectivity index (χ0n) is 10.7. The Morgan fingerprint density at radius 2 is 1.68 bits per heavy atom. The van der Waals surface area contributed by atoms with E-state index in [-0.39, 0.29) is 12.2 Å². The molecule has 0 aliphatic heterocycles. The molecule has 1 aliphatic carbocycles. The van der Waals surface area contributed by atoms with Gasteiger partial charge in [0.1, 0.15) is 6.61 Å². The summed E-state index contributed by atoms with van der Waals surface area (Å²) in [6, 6.07) is 2.06. The molecule has 0 aromatic heterocycles. The van der Waals surface area contributed by atoms with Gasteiger partial charge in [-0.3, -0.25) is 0 Å². The largest absolute Gasteiger partial charge is 0.485 e. The van der Waals surface area contributed by atoms with Crippen molar-refractivity contribution in [2.45, 2.75) is 44.3 Å². The van der Waals surface area contributed by atoms with Gasteiger partial charge in [-0.05, 0) is 30.5 Å². The van der Waals surface area contributed by atoms with Gasteiger partial charge in [-0.2, -0.15) is 0 Å². The van der Waals surface area contributed by atoms with Crippen molar-refractivity contribution in [3.05, 3.63) is 29.3 Å². The molecule has 106 valence electrons. The lowest BCUT2D eigenvalue weighted by Gasteiger charge is -2.31. The van der Waals surface area contributed by atoms with Crippen LogP contribution in [0.25, 0.3) is 0 Å². The highest BCUT2D eigenvalue weighted by Crippen LogP contribution is 2.30. The fourth-order valence-corrected chi connectivity index (χ4v) is 2.40. The van der Waals surface area contributed by atoms with Crippen molar-refractivity contribution >= 4 is 0 Å². The molecule has 0 atom stereocenters. The molecule has 1 fully saturated rings. The molecular formula is C14H18F2O3. The summed E-state index contributed by atoms with van der Waals surface area (Å²) in [5.74, 6) is -2.21. The summed E-state index contributed by atoms with van der Waals surface area (Å²) in [5.41, 5.74) is -0.842. The smallest absolute Gasteiger partial charge is 0.190 e. The maximum Gasteiger partial charge on any atom is 0.190 e. The second-order valence-corrected chi connectivity index (χ2v) is 5.12. The minimum absolute atomic E-state index is 0.112. The van der Waals surface area contributed by atoms with Crippen molar-refractivity contribution in [1.29, 1.82) is 0 Å². The van der Waals surface area contributed by atoms with E-state index in [1.54, 1.807) is 0 Å². The summed E-state index contributed by atoms with van der Waals surface area (Å²) < 4.78 is 32.4. The van der Waals surface area contributed by atoms with Crippen LogP contribution in [-0.4, -0.2) is 22.4 Å². The number of aliphatic hydroxyl groups excluding tert-OH is 1. The Hall–Kier alpha value is -1.20. The van der Waals surface area contributed by atoms with Gasteiger partial charge in [0, 0.05) is 0 Å². The van der Waals surface area contributed by atoms with Crippen molar-refractivity contribution in [3.8, 4) is 5.75 Å². The van der Waals surface area contributed by atoms with Gasteiger partial charge >= 0.3 is 0 Å². The molecule has 0 amide bonds. The van der Waals surface area contributed by atoms with E-state index in [0.29, 0.717) is 12.8 Å². The van der Waals surface area contributed by atoms with E-state index in [9.17, 15) is 13.9 Å². The monoisotopic (exact) mass is 272 g/mol.